The molecule has 5 nitrogen and oxygen atoms in total. The normalized spacial score (nSPS) is 9.27. The first-order chi connectivity index (χ1) is 5.25. The Morgan fingerprint density at radius 1 is 1.82 bits per heavy atom. The average Bonchev–Trinajstić information content (AvgIpc) is 2.53. The lowest BCUT2D eigenvalue weighted by Crippen LogP contribution is -2.34. The van der Waals surface area contributed by atoms with Crippen LogP contribution < -0.4 is 10.2 Å². The number of rotatable bonds is 1. The van der Waals surface area contributed by atoms with Crippen molar-refractivity contribution >= 4 is 22.5 Å². The summed E-state index contributed by atoms with van der Waals surface area (Å²) in [5.74, 6) is 0. The SMILES string of the molecule is CNC(=O)N(C)c1nncs1. The van der Waals surface area contributed by atoms with Crippen LogP contribution in [0.15, 0.2) is 5.51 Å². The molecule has 0 aliphatic rings. The van der Waals surface area contributed by atoms with Crippen LogP contribution in [0.2, 0.25) is 0 Å². The molecule has 2 amide bonds. The highest BCUT2D eigenvalue weighted by molar-refractivity contribution is 7.13. The number of aromatic nitrogens is 2. The molecule has 0 unspecified atom stereocenters. The minimum absolute atomic E-state index is 0.193. The Balaban J connectivity index is 2.70. The molecule has 0 aliphatic heterocycles. The summed E-state index contributed by atoms with van der Waals surface area (Å²) in [6, 6.07) is -0.193. The Kier molecular flexibility index (Phi) is 2.37. The molecule has 0 saturated heterocycles. The molecular formula is C5H8N4OS. The number of amides is 2. The van der Waals surface area contributed by atoms with Gasteiger partial charge in [0.25, 0.3) is 0 Å². The lowest BCUT2D eigenvalue weighted by atomic mass is 10.8. The number of urea groups is 1. The highest BCUT2D eigenvalue weighted by Crippen LogP contribution is 2.12. The van der Waals surface area contributed by atoms with Crippen molar-refractivity contribution in [2.75, 3.05) is 19.0 Å². The van der Waals surface area contributed by atoms with Crippen molar-refractivity contribution in [1.29, 1.82) is 0 Å². The third kappa shape index (κ3) is 1.64. The Morgan fingerprint density at radius 3 is 3.00 bits per heavy atom. The molecule has 0 aliphatic carbocycles. The van der Waals surface area contributed by atoms with Crippen LogP contribution in [-0.4, -0.2) is 30.3 Å². The van der Waals surface area contributed by atoms with Gasteiger partial charge in [-0.2, -0.15) is 0 Å². The fourth-order valence-corrected chi connectivity index (χ4v) is 1.09. The van der Waals surface area contributed by atoms with Gasteiger partial charge in [-0.05, 0) is 0 Å². The van der Waals surface area contributed by atoms with E-state index < -0.39 is 0 Å². The molecule has 0 saturated carbocycles. The molecule has 11 heavy (non-hydrogen) atoms. The zero-order chi connectivity index (χ0) is 8.27. The van der Waals surface area contributed by atoms with E-state index in [-0.39, 0.29) is 6.03 Å². The summed E-state index contributed by atoms with van der Waals surface area (Å²) in [4.78, 5) is 12.4. The number of nitrogens with one attached hydrogen (secondary N) is 1. The van der Waals surface area contributed by atoms with Gasteiger partial charge in [0.05, 0.1) is 0 Å². The van der Waals surface area contributed by atoms with Gasteiger partial charge < -0.3 is 5.32 Å². The van der Waals surface area contributed by atoms with Gasteiger partial charge in [-0.1, -0.05) is 11.3 Å². The van der Waals surface area contributed by atoms with E-state index in [1.807, 2.05) is 0 Å². The Hall–Kier alpha value is -1.17. The van der Waals surface area contributed by atoms with Crippen LogP contribution in [-0.2, 0) is 0 Å². The van der Waals surface area contributed by atoms with E-state index >= 15 is 0 Å². The van der Waals surface area contributed by atoms with E-state index in [0.29, 0.717) is 5.13 Å². The zero-order valence-electron chi connectivity index (χ0n) is 6.24. The lowest BCUT2D eigenvalue weighted by Gasteiger charge is -2.10. The highest BCUT2D eigenvalue weighted by atomic mass is 32.1. The van der Waals surface area contributed by atoms with Crippen LogP contribution in [0.25, 0.3) is 0 Å². The van der Waals surface area contributed by atoms with Gasteiger partial charge in [-0.15, -0.1) is 10.2 Å². The van der Waals surface area contributed by atoms with E-state index in [4.69, 9.17) is 0 Å². The predicted molar refractivity (Wildman–Crippen MR) is 42.8 cm³/mol. The van der Waals surface area contributed by atoms with Gasteiger partial charge in [-0.25, -0.2) is 4.79 Å². The number of hydrogen-bond acceptors (Lipinski definition) is 4. The first-order valence-electron chi connectivity index (χ1n) is 2.97. The van der Waals surface area contributed by atoms with Crippen LogP contribution in [0.4, 0.5) is 9.93 Å². The quantitative estimate of drug-likeness (QED) is 0.663. The van der Waals surface area contributed by atoms with E-state index in [2.05, 4.69) is 15.5 Å². The molecule has 6 heteroatoms. The maximum Gasteiger partial charge on any atom is 0.323 e. The third-order valence-corrected chi connectivity index (χ3v) is 1.92. The average molecular weight is 172 g/mol. The molecule has 1 rings (SSSR count). The minimum Gasteiger partial charge on any atom is -0.341 e. The first-order valence-corrected chi connectivity index (χ1v) is 3.85. The number of hydrogen-bond donors (Lipinski definition) is 1. The molecule has 1 aromatic rings. The molecule has 0 spiro atoms. The summed E-state index contributed by atoms with van der Waals surface area (Å²) in [7, 11) is 3.21. The maximum absolute atomic E-state index is 11.0. The third-order valence-electron chi connectivity index (χ3n) is 1.15. The second-order valence-corrected chi connectivity index (χ2v) is 2.65. The molecule has 60 valence electrons. The van der Waals surface area contributed by atoms with Crippen molar-refractivity contribution < 1.29 is 4.79 Å². The molecule has 0 radical (unpaired) electrons. The number of carbonyl (C=O) groups is 1. The van der Waals surface area contributed by atoms with Gasteiger partial charge in [0.1, 0.15) is 5.51 Å². The summed E-state index contributed by atoms with van der Waals surface area (Å²) in [5, 5.41) is 10.4. The molecular weight excluding hydrogens is 164 g/mol. The summed E-state index contributed by atoms with van der Waals surface area (Å²) >= 11 is 1.32. The van der Waals surface area contributed by atoms with E-state index in [1.54, 1.807) is 19.6 Å². The monoisotopic (exact) mass is 172 g/mol. The maximum atomic E-state index is 11.0. The van der Waals surface area contributed by atoms with Crippen LogP contribution >= 0.6 is 11.3 Å². The summed E-state index contributed by atoms with van der Waals surface area (Å²) in [6.45, 7) is 0. The fourth-order valence-electron chi connectivity index (χ4n) is 0.568. The van der Waals surface area contributed by atoms with Crippen molar-refractivity contribution in [3.63, 3.8) is 0 Å². The summed E-state index contributed by atoms with van der Waals surface area (Å²) in [6.07, 6.45) is 0. The zero-order valence-corrected chi connectivity index (χ0v) is 7.05. The number of anilines is 1. The van der Waals surface area contributed by atoms with Crippen molar-refractivity contribution in [2.24, 2.45) is 0 Å². The highest BCUT2D eigenvalue weighted by Gasteiger charge is 2.10. The van der Waals surface area contributed by atoms with Crippen molar-refractivity contribution in [3.8, 4) is 0 Å². The topological polar surface area (TPSA) is 58.1 Å². The van der Waals surface area contributed by atoms with Gasteiger partial charge >= 0.3 is 6.03 Å². The predicted octanol–water partition coefficient (Wildman–Crippen LogP) is 0.314. The smallest absolute Gasteiger partial charge is 0.323 e. The Bertz CT molecular complexity index is 235. The second-order valence-electron chi connectivity index (χ2n) is 1.84. The summed E-state index contributed by atoms with van der Waals surface area (Å²) in [5.41, 5.74) is 1.58. The number of carbonyl (C=O) groups excluding carboxylic acids is 1. The molecule has 1 N–H and O–H groups in total. The van der Waals surface area contributed by atoms with Gasteiger partial charge in [0.2, 0.25) is 5.13 Å². The molecule has 1 aromatic heterocycles. The van der Waals surface area contributed by atoms with Crippen LogP contribution in [0.5, 0.6) is 0 Å². The van der Waals surface area contributed by atoms with Gasteiger partial charge in [0.15, 0.2) is 0 Å². The Labute approximate surface area is 68.0 Å². The molecule has 0 atom stereocenters. The van der Waals surface area contributed by atoms with Crippen LogP contribution in [0.1, 0.15) is 0 Å². The largest absolute Gasteiger partial charge is 0.341 e. The molecule has 1 heterocycles. The van der Waals surface area contributed by atoms with Crippen molar-refractivity contribution in [1.82, 2.24) is 15.5 Å². The minimum atomic E-state index is -0.193. The van der Waals surface area contributed by atoms with Gasteiger partial charge in [0, 0.05) is 14.1 Å². The Morgan fingerprint density at radius 2 is 2.55 bits per heavy atom. The fraction of sp³-hybridized carbons (Fsp3) is 0.400. The van der Waals surface area contributed by atoms with E-state index in [0.717, 1.165) is 0 Å². The molecule has 0 bridgehead atoms. The first kappa shape index (κ1) is 7.93. The summed E-state index contributed by atoms with van der Waals surface area (Å²) < 4.78 is 0. The molecule has 0 aromatic carbocycles. The van der Waals surface area contributed by atoms with Gasteiger partial charge in [-0.3, -0.25) is 4.90 Å². The standard InChI is InChI=1S/C5H8N4OS/c1-6-4(10)9(2)5-8-7-3-11-5/h3H,1-2H3,(H,6,10). The van der Waals surface area contributed by atoms with Crippen LogP contribution in [0, 0.1) is 0 Å². The van der Waals surface area contributed by atoms with E-state index in [1.165, 1.54) is 16.2 Å². The number of nitrogens with zero attached hydrogens (tertiary/aromatic N) is 3. The van der Waals surface area contributed by atoms with E-state index in [9.17, 15) is 4.79 Å². The molecule has 0 fully saturated rings. The second kappa shape index (κ2) is 3.29. The van der Waals surface area contributed by atoms with Crippen molar-refractivity contribution in [3.05, 3.63) is 5.51 Å². The van der Waals surface area contributed by atoms with Crippen LogP contribution in [0.3, 0.4) is 0 Å². The lowest BCUT2D eigenvalue weighted by molar-refractivity contribution is 0.249. The van der Waals surface area contributed by atoms with Crippen molar-refractivity contribution in [2.45, 2.75) is 0 Å².